The first-order chi connectivity index (χ1) is 8.81. The molecular weight excluding hydrogens is 220 g/mol. The van der Waals surface area contributed by atoms with E-state index in [1.54, 1.807) is 0 Å². The topological polar surface area (TPSA) is 29.3 Å². The lowest BCUT2D eigenvalue weighted by Gasteiger charge is -2.25. The summed E-state index contributed by atoms with van der Waals surface area (Å²) in [5, 5.41) is 0. The maximum Gasteiger partial charge on any atom is 0.0348 e. The molecule has 1 heterocycles. The molecule has 0 spiro atoms. The minimum Gasteiger partial charge on any atom is -0.330 e. The molecule has 0 aromatic heterocycles. The largest absolute Gasteiger partial charge is 0.330 e. The molecule has 2 heteroatoms. The number of unbranched alkanes of at least 4 members (excludes halogenated alkanes) is 2. The Morgan fingerprint density at radius 1 is 1.17 bits per heavy atom. The fourth-order valence-electron chi connectivity index (χ4n) is 2.90. The monoisotopic (exact) mass is 246 g/mol. The van der Waals surface area contributed by atoms with E-state index < -0.39 is 0 Å². The Hall–Kier alpha value is -0.860. The zero-order valence-electron chi connectivity index (χ0n) is 11.6. The molecule has 18 heavy (non-hydrogen) atoms. The number of hydrogen-bond donors (Lipinski definition) is 1. The summed E-state index contributed by atoms with van der Waals surface area (Å²) in [6.07, 6.45) is 6.39. The Morgan fingerprint density at radius 2 is 1.94 bits per heavy atom. The van der Waals surface area contributed by atoms with E-state index in [9.17, 15) is 0 Å². The summed E-state index contributed by atoms with van der Waals surface area (Å²) in [4.78, 5) is 2.65. The van der Waals surface area contributed by atoms with Gasteiger partial charge in [-0.1, -0.05) is 36.2 Å². The van der Waals surface area contributed by atoms with Crippen LogP contribution < -0.4 is 5.73 Å². The summed E-state index contributed by atoms with van der Waals surface area (Å²) in [6, 6.07) is 9.74. The SMILES string of the molecule is Cc1ccc(C2CCCN2CCCCCN)cc1. The normalized spacial score (nSPS) is 20.4. The van der Waals surface area contributed by atoms with Gasteiger partial charge < -0.3 is 5.73 Å². The molecule has 1 aromatic rings. The number of hydrogen-bond acceptors (Lipinski definition) is 2. The van der Waals surface area contributed by atoms with Crippen molar-refractivity contribution >= 4 is 0 Å². The zero-order valence-corrected chi connectivity index (χ0v) is 11.6. The van der Waals surface area contributed by atoms with E-state index in [-0.39, 0.29) is 0 Å². The summed E-state index contributed by atoms with van der Waals surface area (Å²) in [5.41, 5.74) is 8.39. The lowest BCUT2D eigenvalue weighted by Crippen LogP contribution is -2.24. The second-order valence-corrected chi connectivity index (χ2v) is 5.45. The van der Waals surface area contributed by atoms with Crippen LogP contribution >= 0.6 is 0 Å². The van der Waals surface area contributed by atoms with Crippen molar-refractivity contribution in [2.45, 2.75) is 45.1 Å². The maximum absolute atomic E-state index is 5.54. The number of aryl methyl sites for hydroxylation is 1. The first kappa shape index (κ1) is 13.6. The van der Waals surface area contributed by atoms with Gasteiger partial charge in [-0.25, -0.2) is 0 Å². The third-order valence-corrected chi connectivity index (χ3v) is 3.98. The lowest BCUT2D eigenvalue weighted by atomic mass is 10.0. The highest BCUT2D eigenvalue weighted by Gasteiger charge is 2.24. The molecule has 0 radical (unpaired) electrons. The van der Waals surface area contributed by atoms with Gasteiger partial charge in [-0.15, -0.1) is 0 Å². The van der Waals surface area contributed by atoms with Gasteiger partial charge in [0.2, 0.25) is 0 Å². The van der Waals surface area contributed by atoms with Gasteiger partial charge in [0.15, 0.2) is 0 Å². The van der Waals surface area contributed by atoms with Gasteiger partial charge >= 0.3 is 0 Å². The summed E-state index contributed by atoms with van der Waals surface area (Å²) >= 11 is 0. The minimum atomic E-state index is 0.656. The van der Waals surface area contributed by atoms with E-state index >= 15 is 0 Å². The molecule has 2 rings (SSSR count). The Bertz CT molecular complexity index is 345. The van der Waals surface area contributed by atoms with Crippen LogP contribution in [-0.4, -0.2) is 24.5 Å². The molecule has 2 N–H and O–H groups in total. The Labute approximate surface area is 111 Å². The second-order valence-electron chi connectivity index (χ2n) is 5.45. The van der Waals surface area contributed by atoms with E-state index in [2.05, 4.69) is 36.1 Å². The number of rotatable bonds is 6. The highest BCUT2D eigenvalue weighted by atomic mass is 15.2. The lowest BCUT2D eigenvalue weighted by molar-refractivity contribution is 0.251. The van der Waals surface area contributed by atoms with Crippen LogP contribution in [0.4, 0.5) is 0 Å². The molecule has 1 fully saturated rings. The predicted molar refractivity (Wildman–Crippen MR) is 77.6 cm³/mol. The van der Waals surface area contributed by atoms with Crippen LogP contribution in [0.15, 0.2) is 24.3 Å². The van der Waals surface area contributed by atoms with Gasteiger partial charge in [-0.05, 0) is 57.8 Å². The van der Waals surface area contributed by atoms with E-state index in [0.717, 1.165) is 6.54 Å². The third-order valence-electron chi connectivity index (χ3n) is 3.98. The molecule has 1 saturated heterocycles. The van der Waals surface area contributed by atoms with Crippen LogP contribution in [0.1, 0.15) is 49.3 Å². The van der Waals surface area contributed by atoms with Crippen LogP contribution in [0.5, 0.6) is 0 Å². The van der Waals surface area contributed by atoms with Gasteiger partial charge in [0.25, 0.3) is 0 Å². The smallest absolute Gasteiger partial charge is 0.0348 e. The van der Waals surface area contributed by atoms with Crippen molar-refractivity contribution < 1.29 is 0 Å². The Kier molecular flexibility index (Phi) is 5.21. The van der Waals surface area contributed by atoms with Crippen LogP contribution in [0.2, 0.25) is 0 Å². The van der Waals surface area contributed by atoms with Crippen molar-refractivity contribution in [3.63, 3.8) is 0 Å². The van der Waals surface area contributed by atoms with Crippen molar-refractivity contribution in [1.29, 1.82) is 0 Å². The van der Waals surface area contributed by atoms with E-state index in [1.165, 1.54) is 56.3 Å². The second kappa shape index (κ2) is 6.91. The Morgan fingerprint density at radius 3 is 2.67 bits per heavy atom. The quantitative estimate of drug-likeness (QED) is 0.781. The molecule has 1 aromatic carbocycles. The summed E-state index contributed by atoms with van der Waals surface area (Å²) < 4.78 is 0. The molecular formula is C16H26N2. The molecule has 0 aliphatic carbocycles. The maximum atomic E-state index is 5.54. The molecule has 0 amide bonds. The molecule has 1 aliphatic rings. The first-order valence-corrected chi connectivity index (χ1v) is 7.32. The van der Waals surface area contributed by atoms with Crippen molar-refractivity contribution in [3.05, 3.63) is 35.4 Å². The zero-order chi connectivity index (χ0) is 12.8. The van der Waals surface area contributed by atoms with Crippen molar-refractivity contribution in [2.75, 3.05) is 19.6 Å². The van der Waals surface area contributed by atoms with Gasteiger partial charge in [0.1, 0.15) is 0 Å². The van der Waals surface area contributed by atoms with E-state index in [0.29, 0.717) is 6.04 Å². The molecule has 1 unspecified atom stereocenters. The molecule has 2 nitrogen and oxygen atoms in total. The highest BCUT2D eigenvalue weighted by molar-refractivity contribution is 5.24. The predicted octanol–water partition coefficient (Wildman–Crippen LogP) is 3.26. The standard InChI is InChI=1S/C16H26N2/c1-14-7-9-15(10-8-14)16-6-5-13-18(16)12-4-2-3-11-17/h7-10,16H,2-6,11-13,17H2,1H3. The molecule has 0 saturated carbocycles. The van der Waals surface area contributed by atoms with E-state index in [1.807, 2.05) is 0 Å². The summed E-state index contributed by atoms with van der Waals surface area (Å²) in [7, 11) is 0. The van der Waals surface area contributed by atoms with Crippen molar-refractivity contribution in [1.82, 2.24) is 4.90 Å². The van der Waals surface area contributed by atoms with Crippen LogP contribution in [0.25, 0.3) is 0 Å². The van der Waals surface area contributed by atoms with Crippen LogP contribution in [0.3, 0.4) is 0 Å². The average molecular weight is 246 g/mol. The van der Waals surface area contributed by atoms with Gasteiger partial charge in [0, 0.05) is 6.04 Å². The molecule has 0 bridgehead atoms. The van der Waals surface area contributed by atoms with Gasteiger partial charge in [-0.3, -0.25) is 4.90 Å². The fraction of sp³-hybridized carbons (Fsp3) is 0.625. The Balaban J connectivity index is 1.88. The number of nitrogens with two attached hydrogens (primary N) is 1. The van der Waals surface area contributed by atoms with Crippen molar-refractivity contribution in [2.24, 2.45) is 5.73 Å². The molecule has 1 aliphatic heterocycles. The summed E-state index contributed by atoms with van der Waals surface area (Å²) in [5.74, 6) is 0. The highest BCUT2D eigenvalue weighted by Crippen LogP contribution is 2.32. The number of benzene rings is 1. The van der Waals surface area contributed by atoms with E-state index in [4.69, 9.17) is 5.73 Å². The van der Waals surface area contributed by atoms with Crippen molar-refractivity contribution in [3.8, 4) is 0 Å². The summed E-state index contributed by atoms with van der Waals surface area (Å²) in [6.45, 7) is 5.49. The average Bonchev–Trinajstić information content (AvgIpc) is 2.84. The third kappa shape index (κ3) is 3.56. The number of likely N-dealkylation sites (tertiary alicyclic amines) is 1. The fourth-order valence-corrected chi connectivity index (χ4v) is 2.90. The molecule has 100 valence electrons. The minimum absolute atomic E-state index is 0.656. The first-order valence-electron chi connectivity index (χ1n) is 7.32. The number of nitrogens with zero attached hydrogens (tertiary/aromatic N) is 1. The molecule has 1 atom stereocenters. The van der Waals surface area contributed by atoms with Gasteiger partial charge in [0.05, 0.1) is 0 Å². The van der Waals surface area contributed by atoms with Gasteiger partial charge in [-0.2, -0.15) is 0 Å². The van der Waals surface area contributed by atoms with Crippen LogP contribution in [0, 0.1) is 6.92 Å². The van der Waals surface area contributed by atoms with Crippen LogP contribution in [-0.2, 0) is 0 Å².